The molecule has 3 heterocycles. The number of rotatable bonds is 7. The van der Waals surface area contributed by atoms with Gasteiger partial charge in [0.25, 0.3) is 0 Å². The Morgan fingerprint density at radius 3 is 2.47 bits per heavy atom. The third kappa shape index (κ3) is 5.14. The molecule has 6 nitrogen and oxygen atoms in total. The standard InChI is InChI=1S/C26H32N2O4/c29-26(20-12-14-30-15-13-20)27-16-23-10-11-24-25(32-23)18-28(24)17-19-6-8-22(9-7-19)31-21-4-2-1-3-5-21/h1-9,20,23-25H,10-18H2,(H,27,29)/t23-,24+,25+/m0/s1. The van der Waals surface area contributed by atoms with Gasteiger partial charge in [0, 0.05) is 44.8 Å². The number of carbonyl (C=O) groups excluding carboxylic acids is 1. The van der Waals surface area contributed by atoms with E-state index in [1.165, 1.54) is 5.56 Å². The fraction of sp³-hybridized carbons (Fsp3) is 0.500. The SMILES string of the molecule is O=C(NC[C@@H]1CC[C@@H]2[C@@H](CN2Cc2ccc(Oc3ccccc3)cc2)O1)C1CCOCC1. The van der Waals surface area contributed by atoms with Gasteiger partial charge in [-0.15, -0.1) is 0 Å². The molecule has 1 amide bonds. The maximum absolute atomic E-state index is 12.3. The summed E-state index contributed by atoms with van der Waals surface area (Å²) >= 11 is 0. The molecule has 3 fully saturated rings. The molecule has 0 unspecified atom stereocenters. The second-order valence-electron chi connectivity index (χ2n) is 9.06. The maximum Gasteiger partial charge on any atom is 0.223 e. The van der Waals surface area contributed by atoms with Crippen molar-refractivity contribution in [3.63, 3.8) is 0 Å². The molecular weight excluding hydrogens is 404 g/mol. The highest BCUT2D eigenvalue weighted by Gasteiger charge is 2.43. The van der Waals surface area contributed by atoms with E-state index < -0.39 is 0 Å². The zero-order chi connectivity index (χ0) is 21.8. The van der Waals surface area contributed by atoms with E-state index in [0.29, 0.717) is 25.8 Å². The van der Waals surface area contributed by atoms with Gasteiger partial charge in [-0.3, -0.25) is 9.69 Å². The highest BCUT2D eigenvalue weighted by molar-refractivity contribution is 5.78. The Kier molecular flexibility index (Phi) is 6.72. The quantitative estimate of drug-likeness (QED) is 0.716. The Hall–Kier alpha value is -2.41. The van der Waals surface area contributed by atoms with Crippen LogP contribution in [-0.2, 0) is 20.8 Å². The molecule has 170 valence electrons. The Balaban J connectivity index is 1.05. The summed E-state index contributed by atoms with van der Waals surface area (Å²) in [5, 5.41) is 3.11. The molecule has 2 aromatic rings. The zero-order valence-electron chi connectivity index (χ0n) is 18.4. The monoisotopic (exact) mass is 436 g/mol. The topological polar surface area (TPSA) is 60.0 Å². The fourth-order valence-electron chi connectivity index (χ4n) is 4.93. The summed E-state index contributed by atoms with van der Waals surface area (Å²) in [7, 11) is 0. The van der Waals surface area contributed by atoms with E-state index in [1.807, 2.05) is 42.5 Å². The van der Waals surface area contributed by atoms with E-state index in [2.05, 4.69) is 22.3 Å². The Bertz CT molecular complexity index is 882. The number of hydrogen-bond donors (Lipinski definition) is 1. The first kappa shape index (κ1) is 21.4. The van der Waals surface area contributed by atoms with Gasteiger partial charge in [0.05, 0.1) is 12.2 Å². The molecule has 1 N–H and O–H groups in total. The minimum Gasteiger partial charge on any atom is -0.457 e. The van der Waals surface area contributed by atoms with E-state index in [9.17, 15) is 4.79 Å². The van der Waals surface area contributed by atoms with Crippen LogP contribution in [0.2, 0.25) is 0 Å². The molecule has 32 heavy (non-hydrogen) atoms. The minimum atomic E-state index is 0.101. The van der Waals surface area contributed by atoms with Gasteiger partial charge in [-0.05, 0) is 55.5 Å². The summed E-state index contributed by atoms with van der Waals surface area (Å²) in [6.45, 7) is 3.90. The lowest BCUT2D eigenvalue weighted by Crippen LogP contribution is -2.64. The van der Waals surface area contributed by atoms with E-state index in [1.54, 1.807) is 0 Å². The summed E-state index contributed by atoms with van der Waals surface area (Å²) in [6, 6.07) is 18.7. The van der Waals surface area contributed by atoms with Crippen LogP contribution in [0.25, 0.3) is 0 Å². The minimum absolute atomic E-state index is 0.101. The number of amides is 1. The van der Waals surface area contributed by atoms with Crippen molar-refractivity contribution < 1.29 is 19.0 Å². The van der Waals surface area contributed by atoms with E-state index in [4.69, 9.17) is 14.2 Å². The Labute approximate surface area is 189 Å². The number of benzene rings is 2. The van der Waals surface area contributed by atoms with Gasteiger partial charge >= 0.3 is 0 Å². The fourth-order valence-corrected chi connectivity index (χ4v) is 4.93. The molecule has 2 aromatic carbocycles. The second kappa shape index (κ2) is 10.0. The molecule has 3 atom stereocenters. The van der Waals surface area contributed by atoms with E-state index >= 15 is 0 Å². The normalized spacial score (nSPS) is 26.1. The van der Waals surface area contributed by atoms with E-state index in [0.717, 1.165) is 50.3 Å². The van der Waals surface area contributed by atoms with Crippen LogP contribution in [0.1, 0.15) is 31.2 Å². The lowest BCUT2D eigenvalue weighted by atomic mass is 9.89. The lowest BCUT2D eigenvalue weighted by Gasteiger charge is -2.52. The number of nitrogens with one attached hydrogen (secondary N) is 1. The van der Waals surface area contributed by atoms with Gasteiger partial charge in [0.15, 0.2) is 0 Å². The molecule has 0 bridgehead atoms. The summed E-state index contributed by atoms with van der Waals surface area (Å²) < 4.78 is 17.5. The summed E-state index contributed by atoms with van der Waals surface area (Å²) in [4.78, 5) is 14.8. The van der Waals surface area contributed by atoms with E-state index in [-0.39, 0.29) is 24.0 Å². The molecule has 0 aromatic heterocycles. The zero-order valence-corrected chi connectivity index (χ0v) is 18.4. The smallest absolute Gasteiger partial charge is 0.223 e. The number of hydrogen-bond acceptors (Lipinski definition) is 5. The van der Waals surface area contributed by atoms with Gasteiger partial charge in [-0.2, -0.15) is 0 Å². The van der Waals surface area contributed by atoms with Crippen molar-refractivity contribution in [1.29, 1.82) is 0 Å². The van der Waals surface area contributed by atoms with Crippen molar-refractivity contribution in [3.05, 3.63) is 60.2 Å². The largest absolute Gasteiger partial charge is 0.457 e. The van der Waals surface area contributed by atoms with Crippen molar-refractivity contribution in [3.8, 4) is 11.5 Å². The highest BCUT2D eigenvalue weighted by Crippen LogP contribution is 2.33. The van der Waals surface area contributed by atoms with Gasteiger partial charge in [-0.1, -0.05) is 30.3 Å². The average Bonchev–Trinajstić information content (AvgIpc) is 2.83. The summed E-state index contributed by atoms with van der Waals surface area (Å²) in [5.41, 5.74) is 1.29. The molecule has 3 aliphatic heterocycles. The molecule has 0 radical (unpaired) electrons. The van der Waals surface area contributed by atoms with Gasteiger partial charge in [-0.25, -0.2) is 0 Å². The van der Waals surface area contributed by atoms with Crippen LogP contribution < -0.4 is 10.1 Å². The molecule has 0 saturated carbocycles. The first-order valence-corrected chi connectivity index (χ1v) is 11.8. The number of likely N-dealkylation sites (tertiary alicyclic amines) is 1. The molecule has 5 rings (SSSR count). The molecular formula is C26H32N2O4. The first-order chi connectivity index (χ1) is 15.7. The van der Waals surface area contributed by atoms with Crippen LogP contribution in [0, 0.1) is 5.92 Å². The van der Waals surface area contributed by atoms with Crippen LogP contribution >= 0.6 is 0 Å². The van der Waals surface area contributed by atoms with Crippen molar-refractivity contribution in [2.45, 2.75) is 50.5 Å². The number of para-hydroxylation sites is 1. The van der Waals surface area contributed by atoms with Crippen molar-refractivity contribution in [2.24, 2.45) is 5.92 Å². The molecule has 3 aliphatic rings. The van der Waals surface area contributed by atoms with Crippen molar-refractivity contribution in [2.75, 3.05) is 26.3 Å². The lowest BCUT2D eigenvalue weighted by molar-refractivity contribution is -0.170. The predicted octanol–water partition coefficient (Wildman–Crippen LogP) is 3.75. The van der Waals surface area contributed by atoms with Crippen LogP contribution in [0.5, 0.6) is 11.5 Å². The van der Waals surface area contributed by atoms with Crippen molar-refractivity contribution >= 4 is 5.91 Å². The molecule has 3 saturated heterocycles. The molecule has 0 spiro atoms. The van der Waals surface area contributed by atoms with Crippen LogP contribution in [0.15, 0.2) is 54.6 Å². The highest BCUT2D eigenvalue weighted by atomic mass is 16.5. The Morgan fingerprint density at radius 1 is 0.969 bits per heavy atom. The third-order valence-electron chi connectivity index (χ3n) is 6.85. The number of fused-ring (bicyclic) bond motifs is 1. The first-order valence-electron chi connectivity index (χ1n) is 11.8. The van der Waals surface area contributed by atoms with Gasteiger partial charge < -0.3 is 19.5 Å². The third-order valence-corrected chi connectivity index (χ3v) is 6.85. The maximum atomic E-state index is 12.3. The Morgan fingerprint density at radius 2 is 1.72 bits per heavy atom. The van der Waals surface area contributed by atoms with Crippen molar-refractivity contribution in [1.82, 2.24) is 10.2 Å². The van der Waals surface area contributed by atoms with Crippen LogP contribution in [-0.4, -0.2) is 55.4 Å². The van der Waals surface area contributed by atoms with Gasteiger partial charge in [0.2, 0.25) is 5.91 Å². The number of nitrogens with zero attached hydrogens (tertiary/aromatic N) is 1. The average molecular weight is 437 g/mol. The summed E-state index contributed by atoms with van der Waals surface area (Å²) in [5.74, 6) is 1.97. The molecule has 6 heteroatoms. The summed E-state index contributed by atoms with van der Waals surface area (Å²) in [6.07, 6.45) is 4.20. The number of ether oxygens (including phenoxy) is 3. The van der Waals surface area contributed by atoms with Crippen LogP contribution in [0.3, 0.4) is 0 Å². The molecule has 0 aliphatic carbocycles. The van der Waals surface area contributed by atoms with Gasteiger partial charge in [0.1, 0.15) is 11.5 Å². The number of carbonyl (C=O) groups is 1. The predicted molar refractivity (Wildman–Crippen MR) is 122 cm³/mol. The second-order valence-corrected chi connectivity index (χ2v) is 9.06. The van der Waals surface area contributed by atoms with Crippen LogP contribution in [0.4, 0.5) is 0 Å².